The highest BCUT2D eigenvalue weighted by Gasteiger charge is 2.29. The summed E-state index contributed by atoms with van der Waals surface area (Å²) in [6.07, 6.45) is -0.596. The number of hydrogen-bond acceptors (Lipinski definition) is 5. The maximum absolute atomic E-state index is 12.3. The lowest BCUT2D eigenvalue weighted by molar-refractivity contribution is -0.117. The highest BCUT2D eigenvalue weighted by Crippen LogP contribution is 2.27. The lowest BCUT2D eigenvalue weighted by Crippen LogP contribution is -2.38. The van der Waals surface area contributed by atoms with Crippen molar-refractivity contribution in [3.8, 4) is 22.8 Å². The first-order valence-electron chi connectivity index (χ1n) is 8.02. The van der Waals surface area contributed by atoms with Crippen LogP contribution < -0.4 is 10.6 Å². The third-order valence-electron chi connectivity index (χ3n) is 3.95. The van der Waals surface area contributed by atoms with Crippen LogP contribution in [0.3, 0.4) is 0 Å². The average molecular weight is 349 g/mol. The van der Waals surface area contributed by atoms with Crippen LogP contribution in [0.5, 0.6) is 0 Å². The van der Waals surface area contributed by atoms with Crippen LogP contribution in [0.2, 0.25) is 0 Å². The Labute approximate surface area is 148 Å². The number of aromatic nitrogens is 3. The minimum absolute atomic E-state index is 0.00724. The van der Waals surface area contributed by atoms with Gasteiger partial charge in [0, 0.05) is 11.1 Å². The van der Waals surface area contributed by atoms with E-state index in [1.54, 1.807) is 12.1 Å². The number of cyclic esters (lactones) is 1. The Hall–Kier alpha value is -3.68. The van der Waals surface area contributed by atoms with E-state index in [1.807, 2.05) is 42.5 Å². The number of aromatic amines is 1. The van der Waals surface area contributed by atoms with Crippen molar-refractivity contribution < 1.29 is 14.3 Å². The monoisotopic (exact) mass is 349 g/mol. The molecule has 4 rings (SSSR count). The molecule has 0 spiro atoms. The Morgan fingerprint density at radius 3 is 2.65 bits per heavy atom. The molecule has 0 aliphatic carbocycles. The van der Waals surface area contributed by atoms with Gasteiger partial charge >= 0.3 is 6.09 Å². The van der Waals surface area contributed by atoms with Gasteiger partial charge in [0.15, 0.2) is 11.6 Å². The summed E-state index contributed by atoms with van der Waals surface area (Å²) in [6, 6.07) is 16.1. The number of rotatable bonds is 4. The molecule has 0 bridgehead atoms. The zero-order chi connectivity index (χ0) is 17.9. The number of nitrogens with one attached hydrogen (secondary N) is 3. The number of H-pyrrole nitrogens is 1. The first-order chi connectivity index (χ1) is 12.7. The second-order valence-corrected chi connectivity index (χ2v) is 5.70. The summed E-state index contributed by atoms with van der Waals surface area (Å²) in [6.45, 7) is 0.00724. The summed E-state index contributed by atoms with van der Waals surface area (Å²) in [5, 5.41) is 12.4. The predicted molar refractivity (Wildman–Crippen MR) is 94.2 cm³/mol. The number of carbonyl (C=O) groups excluding carboxylic acids is 2. The van der Waals surface area contributed by atoms with Crippen LogP contribution in [0.1, 0.15) is 0 Å². The number of alkyl carbamates (subject to hydrolysis) is 1. The molecule has 2 heterocycles. The minimum atomic E-state index is -0.717. The van der Waals surface area contributed by atoms with Crippen molar-refractivity contribution in [2.75, 3.05) is 11.9 Å². The van der Waals surface area contributed by atoms with Gasteiger partial charge in [-0.25, -0.2) is 9.78 Å². The summed E-state index contributed by atoms with van der Waals surface area (Å²) in [5.41, 5.74) is 2.15. The van der Waals surface area contributed by atoms with Crippen LogP contribution in [-0.2, 0) is 9.53 Å². The fourth-order valence-electron chi connectivity index (χ4n) is 2.64. The fraction of sp³-hybridized carbons (Fsp3) is 0.111. The van der Waals surface area contributed by atoms with Gasteiger partial charge in [-0.1, -0.05) is 42.5 Å². The highest BCUT2D eigenvalue weighted by molar-refractivity contribution is 6.00. The standard InChI is InChI=1S/C18H15N5O3/c24-17(14-10-26-18(25)20-14)19-13-9-5-4-8-12(13)16-21-15(22-23-16)11-6-2-1-3-7-11/h1-9,14H,10H2,(H,19,24)(H,20,25)(H,21,22,23)/t14-/m0/s1. The second kappa shape index (κ2) is 6.67. The number of amides is 2. The molecule has 0 saturated carbocycles. The first kappa shape index (κ1) is 15.8. The van der Waals surface area contributed by atoms with E-state index in [1.165, 1.54) is 0 Å². The van der Waals surface area contributed by atoms with E-state index in [2.05, 4.69) is 25.8 Å². The third kappa shape index (κ3) is 3.12. The summed E-state index contributed by atoms with van der Waals surface area (Å²) in [7, 11) is 0. The Balaban J connectivity index is 1.59. The van der Waals surface area contributed by atoms with Gasteiger partial charge in [-0.15, -0.1) is 0 Å². The van der Waals surface area contributed by atoms with E-state index in [0.29, 0.717) is 22.9 Å². The minimum Gasteiger partial charge on any atom is -0.447 e. The number of anilines is 1. The van der Waals surface area contributed by atoms with Crippen molar-refractivity contribution in [2.45, 2.75) is 6.04 Å². The van der Waals surface area contributed by atoms with Gasteiger partial charge in [-0.3, -0.25) is 9.89 Å². The van der Waals surface area contributed by atoms with Crippen molar-refractivity contribution in [2.24, 2.45) is 0 Å². The molecule has 1 aromatic heterocycles. The molecule has 2 amide bonds. The smallest absolute Gasteiger partial charge is 0.407 e. The van der Waals surface area contributed by atoms with Crippen LogP contribution >= 0.6 is 0 Å². The van der Waals surface area contributed by atoms with E-state index in [9.17, 15) is 9.59 Å². The molecule has 1 fully saturated rings. The second-order valence-electron chi connectivity index (χ2n) is 5.70. The van der Waals surface area contributed by atoms with Crippen LogP contribution in [0.4, 0.5) is 10.5 Å². The van der Waals surface area contributed by atoms with Gasteiger partial charge in [0.05, 0.1) is 5.69 Å². The number of para-hydroxylation sites is 1. The molecule has 3 aromatic rings. The van der Waals surface area contributed by atoms with E-state index >= 15 is 0 Å². The topological polar surface area (TPSA) is 109 Å². The highest BCUT2D eigenvalue weighted by atomic mass is 16.6. The molecule has 8 nitrogen and oxygen atoms in total. The zero-order valence-corrected chi connectivity index (χ0v) is 13.6. The van der Waals surface area contributed by atoms with Gasteiger partial charge in [-0.2, -0.15) is 5.10 Å². The molecule has 26 heavy (non-hydrogen) atoms. The van der Waals surface area contributed by atoms with Crippen LogP contribution in [0, 0.1) is 0 Å². The molecule has 0 unspecified atom stereocenters. The maximum atomic E-state index is 12.3. The predicted octanol–water partition coefficient (Wildman–Crippen LogP) is 2.19. The van der Waals surface area contributed by atoms with E-state index in [0.717, 1.165) is 5.56 Å². The maximum Gasteiger partial charge on any atom is 0.407 e. The lowest BCUT2D eigenvalue weighted by atomic mass is 10.1. The van der Waals surface area contributed by atoms with Crippen molar-refractivity contribution in [3.63, 3.8) is 0 Å². The van der Waals surface area contributed by atoms with Crippen LogP contribution in [0.25, 0.3) is 22.8 Å². The van der Waals surface area contributed by atoms with Gasteiger partial charge in [0.2, 0.25) is 0 Å². The Morgan fingerprint density at radius 1 is 1.12 bits per heavy atom. The van der Waals surface area contributed by atoms with E-state index in [-0.39, 0.29) is 12.5 Å². The normalized spacial score (nSPS) is 16.0. The molecular formula is C18H15N5O3. The Kier molecular flexibility index (Phi) is 4.06. The molecule has 1 aliphatic heterocycles. The molecule has 1 saturated heterocycles. The largest absolute Gasteiger partial charge is 0.447 e. The lowest BCUT2D eigenvalue weighted by Gasteiger charge is -2.11. The molecule has 130 valence electrons. The molecule has 2 aromatic carbocycles. The van der Waals surface area contributed by atoms with Crippen LogP contribution in [-0.4, -0.2) is 39.8 Å². The summed E-state index contributed by atoms with van der Waals surface area (Å²) >= 11 is 0. The quantitative estimate of drug-likeness (QED) is 0.669. The molecule has 1 atom stereocenters. The van der Waals surface area contributed by atoms with Gasteiger partial charge in [0.25, 0.3) is 5.91 Å². The summed E-state index contributed by atoms with van der Waals surface area (Å²) < 4.78 is 4.75. The first-order valence-corrected chi connectivity index (χ1v) is 8.02. The Bertz CT molecular complexity index is 954. The van der Waals surface area contributed by atoms with Crippen molar-refractivity contribution in [1.82, 2.24) is 20.5 Å². The average Bonchev–Trinajstić information content (AvgIpc) is 3.32. The number of nitrogens with zero attached hydrogens (tertiary/aromatic N) is 2. The van der Waals surface area contributed by atoms with Gasteiger partial charge in [0.1, 0.15) is 12.6 Å². The molecule has 8 heteroatoms. The number of hydrogen-bond donors (Lipinski definition) is 3. The Morgan fingerprint density at radius 2 is 1.88 bits per heavy atom. The van der Waals surface area contributed by atoms with Gasteiger partial charge in [-0.05, 0) is 12.1 Å². The summed E-state index contributed by atoms with van der Waals surface area (Å²) in [5.74, 6) is 0.746. The number of carbonyl (C=O) groups is 2. The van der Waals surface area contributed by atoms with Crippen molar-refractivity contribution in [3.05, 3.63) is 54.6 Å². The molecule has 0 radical (unpaired) electrons. The van der Waals surface area contributed by atoms with E-state index in [4.69, 9.17) is 4.74 Å². The SMILES string of the molecule is O=C1N[C@H](C(=O)Nc2ccccc2-c2nc(-c3ccccc3)n[nH]2)CO1. The van der Waals surface area contributed by atoms with Crippen molar-refractivity contribution in [1.29, 1.82) is 0 Å². The fourth-order valence-corrected chi connectivity index (χ4v) is 2.64. The number of benzene rings is 2. The summed E-state index contributed by atoms with van der Waals surface area (Å²) in [4.78, 5) is 27.9. The molecular weight excluding hydrogens is 334 g/mol. The molecule has 1 aliphatic rings. The third-order valence-corrected chi connectivity index (χ3v) is 3.95. The number of ether oxygens (including phenoxy) is 1. The molecule has 3 N–H and O–H groups in total. The van der Waals surface area contributed by atoms with Crippen LogP contribution in [0.15, 0.2) is 54.6 Å². The van der Waals surface area contributed by atoms with Crippen molar-refractivity contribution >= 4 is 17.7 Å². The van der Waals surface area contributed by atoms with E-state index < -0.39 is 12.1 Å². The zero-order valence-electron chi connectivity index (χ0n) is 13.6. The van der Waals surface area contributed by atoms with Gasteiger partial charge < -0.3 is 15.4 Å².